The number of nitrogens with zero attached hydrogens (tertiary/aromatic N) is 3. The summed E-state index contributed by atoms with van der Waals surface area (Å²) in [6.07, 6.45) is 4.71. The van der Waals surface area contributed by atoms with Gasteiger partial charge in [-0.15, -0.1) is 23.7 Å². The van der Waals surface area contributed by atoms with Crippen LogP contribution in [0.1, 0.15) is 59.5 Å². The van der Waals surface area contributed by atoms with Crippen molar-refractivity contribution in [3.8, 4) is 0 Å². The fraction of sp³-hybridized carbons (Fsp3) is 0.533. The third-order valence-electron chi connectivity index (χ3n) is 4.66. The monoisotopic (exact) mass is 354 g/mol. The maximum atomic E-state index is 12.6. The Morgan fingerprint density at radius 1 is 1.43 bits per heavy atom. The summed E-state index contributed by atoms with van der Waals surface area (Å²) in [6, 6.07) is 3.62. The van der Waals surface area contributed by atoms with Crippen molar-refractivity contribution in [2.75, 3.05) is 6.54 Å². The average Bonchev–Trinajstić information content (AvgIpc) is 3.23. The Bertz CT molecular complexity index is 683. The molecular formula is C15H19ClN4O2S. The normalized spacial score (nSPS) is 22.5. The zero-order valence-corrected chi connectivity index (χ0v) is 14.2. The lowest BCUT2D eigenvalue weighted by molar-refractivity contribution is 0.0715. The van der Waals surface area contributed by atoms with Crippen molar-refractivity contribution in [3.05, 3.63) is 34.1 Å². The van der Waals surface area contributed by atoms with Gasteiger partial charge in [-0.2, -0.15) is 4.98 Å². The molecule has 1 aliphatic heterocycles. The van der Waals surface area contributed by atoms with Crippen molar-refractivity contribution in [3.63, 3.8) is 0 Å². The van der Waals surface area contributed by atoms with Gasteiger partial charge in [0.05, 0.1) is 10.4 Å². The number of amides is 1. The molecule has 1 atom stereocenters. The molecule has 8 heteroatoms. The molecule has 2 aromatic rings. The summed E-state index contributed by atoms with van der Waals surface area (Å²) >= 11 is 1.46. The van der Waals surface area contributed by atoms with Crippen molar-refractivity contribution in [2.24, 2.45) is 5.73 Å². The minimum Gasteiger partial charge on any atom is -0.337 e. The highest BCUT2D eigenvalue weighted by atomic mass is 35.5. The standard InChI is InChI=1S/C15H18N4O2S.ClH/c16-15(6-3-7-15)14-17-12(21-18-14)10-4-1-8-19(10)13(20)11-5-2-9-22-11;/h2,5,9-10H,1,3-4,6-8,16H2;1H. The molecule has 0 spiro atoms. The summed E-state index contributed by atoms with van der Waals surface area (Å²) in [5.41, 5.74) is 5.82. The quantitative estimate of drug-likeness (QED) is 0.915. The van der Waals surface area contributed by atoms with Gasteiger partial charge in [-0.05, 0) is 43.6 Å². The number of hydrogen-bond donors (Lipinski definition) is 1. The molecule has 23 heavy (non-hydrogen) atoms. The lowest BCUT2D eigenvalue weighted by Gasteiger charge is -2.34. The molecule has 0 bridgehead atoms. The lowest BCUT2D eigenvalue weighted by atomic mass is 9.77. The van der Waals surface area contributed by atoms with Gasteiger partial charge in [0.25, 0.3) is 5.91 Å². The van der Waals surface area contributed by atoms with E-state index in [1.54, 1.807) is 0 Å². The van der Waals surface area contributed by atoms with E-state index in [0.29, 0.717) is 11.7 Å². The Hall–Kier alpha value is -1.44. The minimum atomic E-state index is -0.428. The first-order valence-electron chi connectivity index (χ1n) is 7.65. The molecule has 0 radical (unpaired) electrons. The van der Waals surface area contributed by atoms with Gasteiger partial charge in [-0.3, -0.25) is 4.79 Å². The third-order valence-corrected chi connectivity index (χ3v) is 5.52. The Balaban J connectivity index is 0.00000156. The Kier molecular flexibility index (Phi) is 4.44. The van der Waals surface area contributed by atoms with E-state index >= 15 is 0 Å². The van der Waals surface area contributed by atoms with Crippen LogP contribution in [0.3, 0.4) is 0 Å². The number of thiophene rings is 1. The van der Waals surface area contributed by atoms with Gasteiger partial charge >= 0.3 is 0 Å². The number of carbonyl (C=O) groups is 1. The first-order chi connectivity index (χ1) is 10.7. The van der Waals surface area contributed by atoms with Gasteiger partial charge in [-0.1, -0.05) is 11.2 Å². The van der Waals surface area contributed by atoms with E-state index in [2.05, 4.69) is 10.1 Å². The van der Waals surface area contributed by atoms with E-state index in [-0.39, 0.29) is 24.4 Å². The topological polar surface area (TPSA) is 85.2 Å². The fourth-order valence-corrected chi connectivity index (χ4v) is 3.84. The van der Waals surface area contributed by atoms with E-state index < -0.39 is 5.54 Å². The van der Waals surface area contributed by atoms with Crippen LogP contribution in [0.5, 0.6) is 0 Å². The van der Waals surface area contributed by atoms with E-state index in [9.17, 15) is 4.79 Å². The van der Waals surface area contributed by atoms with Crippen LogP contribution >= 0.6 is 23.7 Å². The molecule has 2 aliphatic rings. The van der Waals surface area contributed by atoms with Crippen LogP contribution in [-0.4, -0.2) is 27.5 Å². The molecule has 4 rings (SSSR count). The lowest BCUT2D eigenvalue weighted by Crippen LogP contribution is -2.44. The molecule has 0 aromatic carbocycles. The summed E-state index contributed by atoms with van der Waals surface area (Å²) in [5.74, 6) is 1.15. The highest BCUT2D eigenvalue weighted by molar-refractivity contribution is 7.12. The zero-order valence-electron chi connectivity index (χ0n) is 12.6. The molecule has 3 heterocycles. The van der Waals surface area contributed by atoms with E-state index in [1.165, 1.54) is 11.3 Å². The fourth-order valence-electron chi connectivity index (χ4n) is 3.16. The van der Waals surface area contributed by atoms with Crippen molar-refractivity contribution in [1.29, 1.82) is 0 Å². The van der Waals surface area contributed by atoms with Crippen molar-refractivity contribution in [1.82, 2.24) is 15.0 Å². The number of carbonyl (C=O) groups excluding carboxylic acids is 1. The number of hydrogen-bond acceptors (Lipinski definition) is 6. The van der Waals surface area contributed by atoms with Gasteiger partial charge in [-0.25, -0.2) is 0 Å². The first kappa shape index (κ1) is 16.4. The highest BCUT2D eigenvalue weighted by Gasteiger charge is 2.41. The summed E-state index contributed by atoms with van der Waals surface area (Å²) in [6.45, 7) is 0.729. The summed E-state index contributed by atoms with van der Waals surface area (Å²) in [5, 5.41) is 5.98. The smallest absolute Gasteiger partial charge is 0.264 e. The molecule has 2 fully saturated rings. The van der Waals surface area contributed by atoms with Crippen LogP contribution in [0, 0.1) is 0 Å². The molecule has 6 nitrogen and oxygen atoms in total. The summed E-state index contributed by atoms with van der Waals surface area (Å²) in [7, 11) is 0. The Morgan fingerprint density at radius 2 is 2.26 bits per heavy atom. The molecule has 1 unspecified atom stereocenters. The number of halogens is 1. The predicted molar refractivity (Wildman–Crippen MR) is 88.6 cm³/mol. The van der Waals surface area contributed by atoms with E-state index in [4.69, 9.17) is 10.3 Å². The van der Waals surface area contributed by atoms with Crippen LogP contribution < -0.4 is 5.73 Å². The first-order valence-corrected chi connectivity index (χ1v) is 8.53. The third kappa shape index (κ3) is 2.77. The molecule has 124 valence electrons. The van der Waals surface area contributed by atoms with Crippen molar-refractivity contribution < 1.29 is 9.32 Å². The molecule has 1 aliphatic carbocycles. The van der Waals surface area contributed by atoms with Gasteiger partial charge in [0.1, 0.15) is 6.04 Å². The van der Waals surface area contributed by atoms with Crippen LogP contribution in [0.25, 0.3) is 0 Å². The molecular weight excluding hydrogens is 336 g/mol. The molecule has 2 aromatic heterocycles. The van der Waals surface area contributed by atoms with Crippen LogP contribution in [0.15, 0.2) is 22.0 Å². The number of aromatic nitrogens is 2. The maximum Gasteiger partial charge on any atom is 0.264 e. The number of nitrogens with two attached hydrogens (primary N) is 1. The van der Waals surface area contributed by atoms with Crippen LogP contribution in [0.2, 0.25) is 0 Å². The zero-order chi connectivity index (χ0) is 15.2. The predicted octanol–water partition coefficient (Wildman–Crippen LogP) is 2.87. The second kappa shape index (κ2) is 6.22. The van der Waals surface area contributed by atoms with Crippen molar-refractivity contribution in [2.45, 2.75) is 43.7 Å². The van der Waals surface area contributed by atoms with Gasteiger partial charge in [0, 0.05) is 6.54 Å². The van der Waals surface area contributed by atoms with Gasteiger partial charge < -0.3 is 15.2 Å². The number of rotatable bonds is 3. The average molecular weight is 355 g/mol. The van der Waals surface area contributed by atoms with Crippen molar-refractivity contribution >= 4 is 29.7 Å². The Labute approximate surface area is 144 Å². The second-order valence-electron chi connectivity index (χ2n) is 6.10. The Morgan fingerprint density at radius 3 is 2.91 bits per heavy atom. The SMILES string of the molecule is Cl.NC1(c2noc(C3CCCN3C(=O)c3cccs3)n2)CCC1. The highest BCUT2D eigenvalue weighted by Crippen LogP contribution is 2.39. The molecule has 1 saturated carbocycles. The van der Waals surface area contributed by atoms with Crippen LogP contribution in [-0.2, 0) is 5.54 Å². The maximum absolute atomic E-state index is 12.6. The van der Waals surface area contributed by atoms with Gasteiger partial charge in [0.15, 0.2) is 5.82 Å². The largest absolute Gasteiger partial charge is 0.337 e. The molecule has 1 saturated heterocycles. The minimum absolute atomic E-state index is 0. The van der Waals surface area contributed by atoms with Gasteiger partial charge in [0.2, 0.25) is 5.89 Å². The van der Waals surface area contributed by atoms with E-state index in [0.717, 1.165) is 43.5 Å². The summed E-state index contributed by atoms with van der Waals surface area (Å²) in [4.78, 5) is 19.7. The summed E-state index contributed by atoms with van der Waals surface area (Å²) < 4.78 is 5.44. The second-order valence-corrected chi connectivity index (χ2v) is 7.05. The molecule has 1 amide bonds. The molecule has 2 N–H and O–H groups in total. The van der Waals surface area contributed by atoms with Crippen LogP contribution in [0.4, 0.5) is 0 Å². The van der Waals surface area contributed by atoms with E-state index in [1.807, 2.05) is 22.4 Å². The number of likely N-dealkylation sites (tertiary alicyclic amines) is 1.